The van der Waals surface area contributed by atoms with Gasteiger partial charge in [0.2, 0.25) is 0 Å². The molecule has 2 bridgehead atoms. The molecule has 3 aromatic rings. The fraction of sp³-hybridized carbons (Fsp3) is 0.333. The van der Waals surface area contributed by atoms with Crippen molar-refractivity contribution in [3.63, 3.8) is 0 Å². The zero-order valence-electron chi connectivity index (χ0n) is 17.0. The van der Waals surface area contributed by atoms with Crippen LogP contribution < -0.4 is 0 Å². The Bertz CT molecular complexity index is 954. The molecule has 3 atom stereocenters. The first-order chi connectivity index (χ1) is 14.2. The van der Waals surface area contributed by atoms with Gasteiger partial charge in [-0.1, -0.05) is 84.9 Å². The number of hydrogen-bond acceptors (Lipinski definition) is 2. The molecular formula is C27H29NO. The molecule has 148 valence electrons. The van der Waals surface area contributed by atoms with Crippen molar-refractivity contribution in [3.8, 4) is 0 Å². The van der Waals surface area contributed by atoms with Gasteiger partial charge in [0.25, 0.3) is 0 Å². The standard InChI is InChI=1S/C27H29NO/c1-20-10-8-9-15-25(20)26(21-11-4-2-5-12-21)28-23-16-17-24(28)19-27(29,18-23)22-13-6-3-7-14-22/h2-15,23-24,26,29H,16-19H2,1H3. The van der Waals surface area contributed by atoms with Crippen LogP contribution in [0.25, 0.3) is 0 Å². The first kappa shape index (κ1) is 18.6. The van der Waals surface area contributed by atoms with Crippen molar-refractivity contribution >= 4 is 0 Å². The maximum atomic E-state index is 11.6. The maximum Gasteiger partial charge on any atom is 0.0926 e. The molecule has 0 radical (unpaired) electrons. The van der Waals surface area contributed by atoms with Gasteiger partial charge in [0.1, 0.15) is 0 Å². The van der Waals surface area contributed by atoms with E-state index in [1.54, 1.807) is 0 Å². The van der Waals surface area contributed by atoms with E-state index in [0.717, 1.165) is 31.2 Å². The van der Waals surface area contributed by atoms with Crippen molar-refractivity contribution in [2.75, 3.05) is 0 Å². The number of fused-ring (bicyclic) bond motifs is 2. The molecule has 0 spiro atoms. The van der Waals surface area contributed by atoms with E-state index in [9.17, 15) is 5.11 Å². The van der Waals surface area contributed by atoms with Gasteiger partial charge in [-0.05, 0) is 54.9 Å². The molecule has 2 aliphatic rings. The van der Waals surface area contributed by atoms with Crippen molar-refractivity contribution in [1.29, 1.82) is 0 Å². The zero-order valence-corrected chi connectivity index (χ0v) is 17.0. The molecule has 0 aromatic heterocycles. The minimum atomic E-state index is -0.712. The van der Waals surface area contributed by atoms with E-state index in [-0.39, 0.29) is 6.04 Å². The van der Waals surface area contributed by atoms with Gasteiger partial charge in [-0.3, -0.25) is 4.90 Å². The average Bonchev–Trinajstić information content (AvgIpc) is 3.02. The molecule has 2 heterocycles. The first-order valence-electron chi connectivity index (χ1n) is 10.8. The van der Waals surface area contributed by atoms with Crippen LogP contribution in [0.2, 0.25) is 0 Å². The second-order valence-electron chi connectivity index (χ2n) is 8.81. The Labute approximate surface area is 173 Å². The predicted molar refractivity (Wildman–Crippen MR) is 118 cm³/mol. The van der Waals surface area contributed by atoms with Crippen LogP contribution in [0.5, 0.6) is 0 Å². The van der Waals surface area contributed by atoms with Gasteiger partial charge in [0.15, 0.2) is 0 Å². The number of aliphatic hydroxyl groups is 1. The number of rotatable bonds is 4. The lowest BCUT2D eigenvalue weighted by Gasteiger charge is -2.48. The second kappa shape index (κ2) is 7.44. The summed E-state index contributed by atoms with van der Waals surface area (Å²) in [4.78, 5) is 2.72. The highest BCUT2D eigenvalue weighted by molar-refractivity contribution is 5.38. The third kappa shape index (κ3) is 3.31. The Balaban J connectivity index is 1.54. The van der Waals surface area contributed by atoms with Crippen molar-refractivity contribution in [3.05, 3.63) is 107 Å². The maximum absolute atomic E-state index is 11.6. The van der Waals surface area contributed by atoms with Crippen LogP contribution >= 0.6 is 0 Å². The normalized spacial score (nSPS) is 27.7. The lowest BCUT2D eigenvalue weighted by molar-refractivity contribution is -0.0657. The van der Waals surface area contributed by atoms with Crippen LogP contribution in [0, 0.1) is 6.92 Å². The Morgan fingerprint density at radius 3 is 1.97 bits per heavy atom. The number of benzene rings is 3. The predicted octanol–water partition coefficient (Wildman–Crippen LogP) is 5.60. The Hall–Kier alpha value is -2.42. The van der Waals surface area contributed by atoms with E-state index in [0.29, 0.717) is 12.1 Å². The molecule has 2 fully saturated rings. The van der Waals surface area contributed by atoms with Crippen LogP contribution in [0.15, 0.2) is 84.9 Å². The Kier molecular flexibility index (Phi) is 4.77. The molecule has 0 saturated carbocycles. The highest BCUT2D eigenvalue weighted by Gasteiger charge is 2.50. The number of aryl methyl sites for hydroxylation is 1. The summed E-state index contributed by atoms with van der Waals surface area (Å²) in [5, 5.41) is 11.6. The van der Waals surface area contributed by atoms with E-state index < -0.39 is 5.60 Å². The molecule has 5 rings (SSSR count). The highest BCUT2D eigenvalue weighted by atomic mass is 16.3. The number of hydrogen-bond donors (Lipinski definition) is 1. The summed E-state index contributed by atoms with van der Waals surface area (Å²) in [7, 11) is 0. The minimum absolute atomic E-state index is 0.246. The summed E-state index contributed by atoms with van der Waals surface area (Å²) >= 11 is 0. The Morgan fingerprint density at radius 2 is 1.34 bits per heavy atom. The first-order valence-corrected chi connectivity index (χ1v) is 10.8. The van der Waals surface area contributed by atoms with Gasteiger partial charge in [-0.2, -0.15) is 0 Å². The summed E-state index contributed by atoms with van der Waals surface area (Å²) in [6, 6.07) is 31.0. The molecule has 29 heavy (non-hydrogen) atoms. The summed E-state index contributed by atoms with van der Waals surface area (Å²) in [6.45, 7) is 2.22. The smallest absolute Gasteiger partial charge is 0.0926 e. The van der Waals surface area contributed by atoms with Crippen LogP contribution in [0.3, 0.4) is 0 Å². The van der Waals surface area contributed by atoms with Crippen LogP contribution in [-0.2, 0) is 5.60 Å². The zero-order chi connectivity index (χ0) is 19.8. The van der Waals surface area contributed by atoms with Gasteiger partial charge < -0.3 is 5.11 Å². The molecule has 1 N–H and O–H groups in total. The largest absolute Gasteiger partial charge is 0.385 e. The van der Waals surface area contributed by atoms with Gasteiger partial charge >= 0.3 is 0 Å². The number of nitrogens with zero attached hydrogens (tertiary/aromatic N) is 1. The summed E-state index contributed by atoms with van der Waals surface area (Å²) in [6.07, 6.45) is 3.94. The van der Waals surface area contributed by atoms with Gasteiger partial charge in [0.05, 0.1) is 11.6 Å². The highest BCUT2D eigenvalue weighted by Crippen LogP contribution is 2.50. The molecule has 3 aromatic carbocycles. The van der Waals surface area contributed by atoms with E-state index in [4.69, 9.17) is 0 Å². The fourth-order valence-corrected chi connectivity index (χ4v) is 5.71. The molecule has 2 heteroatoms. The van der Waals surface area contributed by atoms with Crippen molar-refractivity contribution in [2.24, 2.45) is 0 Å². The minimum Gasteiger partial charge on any atom is -0.385 e. The third-order valence-corrected chi connectivity index (χ3v) is 7.03. The molecule has 3 unspecified atom stereocenters. The fourth-order valence-electron chi connectivity index (χ4n) is 5.71. The molecule has 2 saturated heterocycles. The van der Waals surface area contributed by atoms with Crippen LogP contribution in [0.4, 0.5) is 0 Å². The number of piperidine rings is 1. The summed E-state index contributed by atoms with van der Waals surface area (Å²) < 4.78 is 0. The van der Waals surface area contributed by atoms with Crippen molar-refractivity contribution < 1.29 is 5.11 Å². The summed E-state index contributed by atoms with van der Waals surface area (Å²) in [5.41, 5.74) is 4.44. The van der Waals surface area contributed by atoms with Gasteiger partial charge in [-0.15, -0.1) is 0 Å². The quantitative estimate of drug-likeness (QED) is 0.634. The van der Waals surface area contributed by atoms with E-state index >= 15 is 0 Å². The molecule has 0 aliphatic carbocycles. The van der Waals surface area contributed by atoms with E-state index in [1.807, 2.05) is 18.2 Å². The molecule has 2 nitrogen and oxygen atoms in total. The third-order valence-electron chi connectivity index (χ3n) is 7.03. The van der Waals surface area contributed by atoms with Gasteiger partial charge in [-0.25, -0.2) is 0 Å². The van der Waals surface area contributed by atoms with Crippen LogP contribution in [0.1, 0.15) is 54.0 Å². The Morgan fingerprint density at radius 1 is 0.793 bits per heavy atom. The molecule has 2 aliphatic heterocycles. The van der Waals surface area contributed by atoms with E-state index in [2.05, 4.69) is 78.6 Å². The topological polar surface area (TPSA) is 23.5 Å². The summed E-state index contributed by atoms with van der Waals surface area (Å²) in [5.74, 6) is 0. The molecule has 0 amide bonds. The second-order valence-corrected chi connectivity index (χ2v) is 8.81. The monoisotopic (exact) mass is 383 g/mol. The SMILES string of the molecule is Cc1ccccc1C(c1ccccc1)N1C2CCC1CC(O)(c1ccccc1)C2. The van der Waals surface area contributed by atoms with Gasteiger partial charge in [0, 0.05) is 12.1 Å². The van der Waals surface area contributed by atoms with Crippen LogP contribution in [-0.4, -0.2) is 22.1 Å². The lowest BCUT2D eigenvalue weighted by Crippen LogP contribution is -2.51. The van der Waals surface area contributed by atoms with Crippen molar-refractivity contribution in [2.45, 2.75) is 56.3 Å². The average molecular weight is 384 g/mol. The molecular weight excluding hydrogens is 354 g/mol. The lowest BCUT2D eigenvalue weighted by atomic mass is 9.78. The van der Waals surface area contributed by atoms with E-state index in [1.165, 1.54) is 16.7 Å². The van der Waals surface area contributed by atoms with Crippen molar-refractivity contribution in [1.82, 2.24) is 4.90 Å².